The second kappa shape index (κ2) is 3.14. The van der Waals surface area contributed by atoms with Gasteiger partial charge in [0.05, 0.1) is 5.69 Å². The molecule has 1 aliphatic heterocycles. The third kappa shape index (κ3) is 1.35. The molecule has 1 aliphatic rings. The largest absolute Gasteiger partial charge is 0.435 e. The van der Waals surface area contributed by atoms with Gasteiger partial charge in [0.25, 0.3) is 0 Å². The molecule has 60 valence electrons. The van der Waals surface area contributed by atoms with Crippen molar-refractivity contribution in [1.82, 2.24) is 8.87 Å². The van der Waals surface area contributed by atoms with E-state index in [9.17, 15) is 4.79 Å². The highest BCUT2D eigenvalue weighted by atomic mass is 32.1. The molecule has 0 aliphatic carbocycles. The first kappa shape index (κ1) is 8.75. The fraction of sp³-hybridized carbons (Fsp3) is 0.333. The van der Waals surface area contributed by atoms with Gasteiger partial charge in [-0.15, -0.1) is 11.3 Å². The van der Waals surface area contributed by atoms with E-state index in [1.54, 1.807) is 11.3 Å². The van der Waals surface area contributed by atoms with Crippen LogP contribution in [0.4, 0.5) is 0 Å². The zero-order valence-corrected chi connectivity index (χ0v) is 11.9. The van der Waals surface area contributed by atoms with Gasteiger partial charge in [-0.2, -0.15) is 0 Å². The molecule has 1 aromatic rings. The summed E-state index contributed by atoms with van der Waals surface area (Å²) in [5.74, 6) is 0.211. The predicted molar refractivity (Wildman–Crippen MR) is 53.6 cm³/mol. The predicted octanol–water partition coefficient (Wildman–Crippen LogP) is -2.05. The van der Waals surface area contributed by atoms with Crippen molar-refractivity contribution in [3.05, 3.63) is 10.6 Å². The Balaban J connectivity index is 2.48. The molecular weight excluding hydrogens is 202 g/mol. The fourth-order valence-electron chi connectivity index (χ4n) is 1.36. The number of hydrogen-bond acceptors (Lipinski definition) is 3. The van der Waals surface area contributed by atoms with Crippen LogP contribution in [-0.2, 0) is 6.42 Å². The van der Waals surface area contributed by atoms with Gasteiger partial charge in [-0.05, 0) is 0 Å². The molecule has 0 radical (unpaired) electrons. The smallest absolute Gasteiger partial charge is 0.368 e. The van der Waals surface area contributed by atoms with Crippen LogP contribution in [0, 0.1) is 0 Å². The van der Waals surface area contributed by atoms with Gasteiger partial charge >= 0.3 is 32.8 Å². The van der Waals surface area contributed by atoms with Crippen molar-refractivity contribution in [2.75, 3.05) is 6.54 Å². The molecule has 0 saturated heterocycles. The highest BCUT2D eigenvalue weighted by Gasteiger charge is 2.23. The summed E-state index contributed by atoms with van der Waals surface area (Å²) < 4.78 is 3.05. The molecule has 0 aromatic carbocycles. The first-order valence-electron chi connectivity index (χ1n) is 3.90. The lowest BCUT2D eigenvalue weighted by atomic mass is 10.2. The fourth-order valence-corrected chi connectivity index (χ4v) is 3.81. The van der Waals surface area contributed by atoms with Gasteiger partial charge in [-0.25, -0.2) is 0 Å². The van der Waals surface area contributed by atoms with E-state index in [0.29, 0.717) is 0 Å². The Morgan fingerprint density at radius 2 is 2.33 bits per heavy atom. The van der Waals surface area contributed by atoms with Crippen molar-refractivity contribution in [3.8, 4) is 0 Å². The number of amides is 1. The number of rotatable bonds is 0. The summed E-state index contributed by atoms with van der Waals surface area (Å²) in [6, 6.07) is 0. The summed E-state index contributed by atoms with van der Waals surface area (Å²) in [5, 5.41) is 0. The zero-order valence-electron chi connectivity index (χ0n) is 7.13. The Kier molecular flexibility index (Phi) is 2.29. The number of thiazole rings is 1. The molecule has 0 bridgehead atoms. The van der Waals surface area contributed by atoms with E-state index in [0.717, 1.165) is 60.2 Å². The second-order valence-corrected chi connectivity index (χ2v) is 6.94. The first-order chi connectivity index (χ1) is 5.68. The van der Waals surface area contributed by atoms with Crippen molar-refractivity contribution in [2.24, 2.45) is 0 Å². The standard InChI is InChI=1S/C6H5N2OS.2Al.4H/c9-6-5-4(1-2-7-6)8-3-10-5;;;;;;/h1-2H2,(H,7,9);;;;;;/q;;+1;;;;/p-1. The number of nitrogens with zero attached hydrogens (tertiary/aromatic N) is 2. The van der Waals surface area contributed by atoms with E-state index < -0.39 is 0 Å². The minimum absolute atomic E-state index is 0.211. The minimum Gasteiger partial charge on any atom is -0.435 e. The number of hydrogen-bond donors (Lipinski definition) is 0. The van der Waals surface area contributed by atoms with Gasteiger partial charge in [0.1, 0.15) is 4.88 Å². The summed E-state index contributed by atoms with van der Waals surface area (Å²) in [6.45, 7) is 0.878. The highest BCUT2D eigenvalue weighted by Crippen LogP contribution is 2.18. The normalized spacial score (nSPS) is 16.3. The average molecular weight is 210 g/mol. The first-order valence-corrected chi connectivity index (χ1v) is 6.61. The third-order valence-electron chi connectivity index (χ3n) is 2.03. The Labute approximate surface area is 90.8 Å². The molecule has 6 heteroatoms. The van der Waals surface area contributed by atoms with E-state index in [1.807, 2.05) is 3.88 Å². The van der Waals surface area contributed by atoms with Crippen LogP contribution in [0.1, 0.15) is 15.4 Å². The molecule has 0 saturated carbocycles. The van der Waals surface area contributed by atoms with Crippen LogP contribution in [-0.4, -0.2) is 54.1 Å². The Morgan fingerprint density at radius 3 is 3.08 bits per heavy atom. The lowest BCUT2D eigenvalue weighted by molar-refractivity contribution is 0.0855. The van der Waals surface area contributed by atoms with Gasteiger partial charge in [0, 0.05) is 16.8 Å². The lowest BCUT2D eigenvalue weighted by Gasteiger charge is -2.22. The summed E-state index contributed by atoms with van der Waals surface area (Å²) in [6.07, 6.45) is 0.962. The number of aromatic nitrogens is 1. The lowest BCUT2D eigenvalue weighted by Crippen LogP contribution is -2.34. The summed E-state index contributed by atoms with van der Waals surface area (Å²) in [4.78, 5) is 16.9. The van der Waals surface area contributed by atoms with Crippen LogP contribution in [0.25, 0.3) is 0 Å². The Hall–Kier alpha value is 0.165. The van der Waals surface area contributed by atoms with Gasteiger partial charge in [0.2, 0.25) is 5.91 Å². The maximum absolute atomic E-state index is 11.6. The van der Waals surface area contributed by atoms with Crippen molar-refractivity contribution >= 4 is 53.9 Å². The van der Waals surface area contributed by atoms with Crippen molar-refractivity contribution in [1.29, 1.82) is 0 Å². The second-order valence-electron chi connectivity index (χ2n) is 2.99. The third-order valence-corrected chi connectivity index (χ3v) is 4.72. The van der Waals surface area contributed by atoms with E-state index in [1.165, 1.54) is 0 Å². The molecule has 2 rings (SSSR count). The van der Waals surface area contributed by atoms with Crippen LogP contribution in [0.3, 0.4) is 0 Å². The van der Waals surface area contributed by atoms with Gasteiger partial charge in [-0.1, -0.05) is 0 Å². The quantitative estimate of drug-likeness (QED) is 0.462. The molecule has 1 amide bonds. The number of fused-ring (bicyclic) bond motifs is 1. The molecular formula is C6H8Al2N2OS. The van der Waals surface area contributed by atoms with E-state index in [2.05, 4.69) is 4.98 Å². The van der Waals surface area contributed by atoms with Crippen LogP contribution < -0.4 is 3.87 Å². The maximum atomic E-state index is 11.6. The zero-order chi connectivity index (χ0) is 8.72. The van der Waals surface area contributed by atoms with Gasteiger partial charge in [-0.3, -0.25) is 9.78 Å². The topological polar surface area (TPSA) is 33.2 Å². The highest BCUT2D eigenvalue weighted by molar-refractivity contribution is 7.21. The minimum atomic E-state index is 0.211. The summed E-state index contributed by atoms with van der Waals surface area (Å²) >= 11 is 3.38. The summed E-state index contributed by atoms with van der Waals surface area (Å²) in [5.41, 5.74) is 1.04. The Morgan fingerprint density at radius 1 is 1.58 bits per heavy atom. The summed E-state index contributed by atoms with van der Waals surface area (Å²) in [7, 11) is 0. The van der Waals surface area contributed by atoms with Gasteiger partial charge < -0.3 is 3.88 Å². The van der Waals surface area contributed by atoms with Crippen LogP contribution >= 0.6 is 11.3 Å². The van der Waals surface area contributed by atoms with Crippen molar-refractivity contribution in [3.63, 3.8) is 0 Å². The molecule has 0 spiro atoms. The van der Waals surface area contributed by atoms with Gasteiger partial charge in [0.15, 0.2) is 0 Å². The van der Waals surface area contributed by atoms with Crippen molar-refractivity contribution in [2.45, 2.75) is 6.42 Å². The number of carbonyl (C=O) groups excluding carboxylic acids is 1. The molecule has 3 nitrogen and oxygen atoms in total. The monoisotopic (exact) mass is 210 g/mol. The molecule has 1 aromatic heterocycles. The molecule has 2 heterocycles. The van der Waals surface area contributed by atoms with Crippen LogP contribution in [0.15, 0.2) is 0 Å². The van der Waals surface area contributed by atoms with E-state index >= 15 is 0 Å². The molecule has 0 unspecified atom stereocenters. The maximum Gasteiger partial charge on any atom is 0.368 e. The SMILES string of the molecule is O=C1c2s[c]([AlH2])nc2CC[N]1[AlH2]. The Bertz CT molecular complexity index is 338. The number of carbonyl (C=O) groups is 1. The molecule has 0 atom stereocenters. The van der Waals surface area contributed by atoms with E-state index in [-0.39, 0.29) is 5.91 Å². The van der Waals surface area contributed by atoms with Crippen LogP contribution in [0.2, 0.25) is 0 Å². The average Bonchev–Trinajstić information content (AvgIpc) is 2.39. The molecule has 0 fully saturated rings. The molecule has 12 heavy (non-hydrogen) atoms. The van der Waals surface area contributed by atoms with Crippen molar-refractivity contribution < 1.29 is 4.79 Å². The molecule has 0 N–H and O–H groups in total. The van der Waals surface area contributed by atoms with Crippen LogP contribution in [0.5, 0.6) is 0 Å². The van der Waals surface area contributed by atoms with E-state index in [4.69, 9.17) is 0 Å².